The molecule has 2 aromatic carbocycles. The molecule has 1 aromatic heterocycles. The zero-order valence-corrected chi connectivity index (χ0v) is 24.2. The molecule has 0 saturated carbocycles. The number of nitrogens with zero attached hydrogens (tertiary/aromatic N) is 4. The maximum Gasteiger partial charge on any atom is 0.260 e. The average Bonchev–Trinajstić information content (AvgIpc) is 3.29. The number of carbonyl (C=O) groups excluding carboxylic acids is 1. The summed E-state index contributed by atoms with van der Waals surface area (Å²) in [5, 5.41) is 0.586. The van der Waals surface area contributed by atoms with Gasteiger partial charge in [0.05, 0.1) is 16.2 Å². The van der Waals surface area contributed by atoms with Gasteiger partial charge in [-0.1, -0.05) is 24.3 Å². The Morgan fingerprint density at radius 2 is 1.78 bits per heavy atom. The summed E-state index contributed by atoms with van der Waals surface area (Å²) in [6, 6.07) is 12.0. The summed E-state index contributed by atoms with van der Waals surface area (Å²) in [6.07, 6.45) is 1.73. The van der Waals surface area contributed by atoms with Crippen LogP contribution in [0, 0.1) is 5.92 Å². The van der Waals surface area contributed by atoms with Gasteiger partial charge in [-0.25, -0.2) is 13.4 Å². The highest BCUT2D eigenvalue weighted by Gasteiger charge is 2.29. The van der Waals surface area contributed by atoms with Crippen LogP contribution < -0.4 is 9.64 Å². The van der Waals surface area contributed by atoms with E-state index in [9.17, 15) is 13.2 Å². The minimum absolute atomic E-state index is 0. The van der Waals surface area contributed by atoms with E-state index in [4.69, 9.17) is 9.72 Å². The van der Waals surface area contributed by atoms with Crippen molar-refractivity contribution >= 4 is 55.0 Å². The molecule has 0 atom stereocenters. The van der Waals surface area contributed by atoms with Crippen LogP contribution in [0.4, 0.5) is 5.13 Å². The normalized spacial score (nSPS) is 15.1. The number of ether oxygens (including phenoxy) is 1. The van der Waals surface area contributed by atoms with Crippen LogP contribution in [0.25, 0.3) is 10.2 Å². The molecule has 0 unspecified atom stereocenters. The number of para-hydroxylation sites is 1. The number of carbonyl (C=O) groups is 1. The molecule has 202 valence electrons. The highest BCUT2D eigenvalue weighted by molar-refractivity contribution is 7.89. The van der Waals surface area contributed by atoms with E-state index in [1.165, 1.54) is 23.5 Å². The van der Waals surface area contributed by atoms with Gasteiger partial charge in [-0.2, -0.15) is 4.31 Å². The Hall–Kier alpha value is -2.24. The molecule has 1 aliphatic heterocycles. The standard InChI is InChI=1S/C26H34N4O4S2.ClH/c1-5-34-22-7-6-8-23-24(22)27-26(35-23)30(18-17-28(3)4)25(31)20-9-11-21(12-10-20)36(32,33)29-15-13-19(2)14-16-29;/h6-12,19H,5,13-18H2,1-4H3;1H. The lowest BCUT2D eigenvalue weighted by atomic mass is 10.0. The first kappa shape index (κ1) is 29.3. The molecule has 0 N–H and O–H groups in total. The number of likely N-dealkylation sites (N-methyl/N-ethyl adjacent to an activating group) is 1. The highest BCUT2D eigenvalue weighted by atomic mass is 35.5. The fourth-order valence-electron chi connectivity index (χ4n) is 4.18. The molecule has 2 heterocycles. The first-order chi connectivity index (χ1) is 17.2. The van der Waals surface area contributed by atoms with Crippen LogP contribution in [0.1, 0.15) is 37.0 Å². The lowest BCUT2D eigenvalue weighted by molar-refractivity contribution is 0.0985. The number of fused-ring (bicyclic) bond motifs is 1. The summed E-state index contributed by atoms with van der Waals surface area (Å²) >= 11 is 1.44. The van der Waals surface area contributed by atoms with E-state index in [2.05, 4.69) is 6.92 Å². The van der Waals surface area contributed by atoms with E-state index in [0.29, 0.717) is 55.1 Å². The predicted octanol–water partition coefficient (Wildman–Crippen LogP) is 4.75. The highest BCUT2D eigenvalue weighted by Crippen LogP contribution is 2.35. The molecule has 1 amide bonds. The minimum atomic E-state index is -3.57. The molecule has 11 heteroatoms. The summed E-state index contributed by atoms with van der Waals surface area (Å²) < 4.78 is 34.4. The Kier molecular flexibility index (Phi) is 9.93. The van der Waals surface area contributed by atoms with Gasteiger partial charge in [0.2, 0.25) is 10.0 Å². The largest absolute Gasteiger partial charge is 0.492 e. The van der Waals surface area contributed by atoms with Crippen LogP contribution in [0.2, 0.25) is 0 Å². The molecule has 0 radical (unpaired) electrons. The van der Waals surface area contributed by atoms with Crippen LogP contribution in [0.5, 0.6) is 5.75 Å². The quantitative estimate of drug-likeness (QED) is 0.372. The number of aromatic nitrogens is 1. The molecular formula is C26H35ClN4O4S2. The molecule has 1 fully saturated rings. The van der Waals surface area contributed by atoms with Gasteiger partial charge < -0.3 is 9.64 Å². The zero-order chi connectivity index (χ0) is 25.9. The lowest BCUT2D eigenvalue weighted by Gasteiger charge is -2.29. The number of thiazole rings is 1. The van der Waals surface area contributed by atoms with Gasteiger partial charge in [0.1, 0.15) is 11.3 Å². The van der Waals surface area contributed by atoms with E-state index < -0.39 is 10.0 Å². The smallest absolute Gasteiger partial charge is 0.260 e. The Morgan fingerprint density at radius 1 is 1.11 bits per heavy atom. The van der Waals surface area contributed by atoms with Gasteiger partial charge in [-0.3, -0.25) is 9.69 Å². The summed E-state index contributed by atoms with van der Waals surface area (Å²) in [7, 11) is 0.335. The van der Waals surface area contributed by atoms with Crippen molar-refractivity contribution < 1.29 is 17.9 Å². The number of hydrogen-bond donors (Lipinski definition) is 0. The van der Waals surface area contributed by atoms with Gasteiger partial charge in [0.15, 0.2) is 5.13 Å². The SMILES string of the molecule is CCOc1cccc2sc(N(CCN(C)C)C(=O)c3ccc(S(=O)(=O)N4CCC(C)CC4)cc3)nc12.Cl. The van der Waals surface area contributed by atoms with Gasteiger partial charge in [0, 0.05) is 31.7 Å². The van der Waals surface area contributed by atoms with Crippen LogP contribution in [0.15, 0.2) is 47.4 Å². The van der Waals surface area contributed by atoms with Crippen molar-refractivity contribution in [3.8, 4) is 5.75 Å². The summed E-state index contributed by atoms with van der Waals surface area (Å²) in [5.74, 6) is 1.01. The first-order valence-corrected chi connectivity index (χ1v) is 14.6. The Bertz CT molecular complexity index is 1300. The predicted molar refractivity (Wildman–Crippen MR) is 152 cm³/mol. The number of anilines is 1. The first-order valence-electron chi connectivity index (χ1n) is 12.3. The number of amides is 1. The van der Waals surface area contributed by atoms with E-state index in [1.807, 2.05) is 44.1 Å². The van der Waals surface area contributed by atoms with E-state index in [0.717, 1.165) is 23.1 Å². The maximum absolute atomic E-state index is 13.6. The number of halogens is 1. The molecule has 1 saturated heterocycles. The third-order valence-corrected chi connectivity index (χ3v) is 9.36. The van der Waals surface area contributed by atoms with Crippen LogP contribution in [0.3, 0.4) is 0 Å². The molecule has 1 aliphatic rings. The van der Waals surface area contributed by atoms with Crippen molar-refractivity contribution in [2.75, 3.05) is 51.8 Å². The molecule has 3 aromatic rings. The van der Waals surface area contributed by atoms with Crippen molar-refractivity contribution in [2.24, 2.45) is 5.92 Å². The van der Waals surface area contributed by atoms with Crippen LogP contribution in [-0.4, -0.2) is 75.4 Å². The summed E-state index contributed by atoms with van der Waals surface area (Å²) in [5.41, 5.74) is 1.16. The van der Waals surface area contributed by atoms with Gasteiger partial charge in [-0.05, 0) is 76.2 Å². The van der Waals surface area contributed by atoms with E-state index in [1.54, 1.807) is 21.3 Å². The topological polar surface area (TPSA) is 83.0 Å². The van der Waals surface area contributed by atoms with Crippen molar-refractivity contribution in [2.45, 2.75) is 31.6 Å². The molecule has 0 bridgehead atoms. The lowest BCUT2D eigenvalue weighted by Crippen LogP contribution is -2.38. The van der Waals surface area contributed by atoms with Crippen LogP contribution >= 0.6 is 23.7 Å². The van der Waals surface area contributed by atoms with E-state index >= 15 is 0 Å². The molecule has 0 aliphatic carbocycles. The Labute approximate surface area is 229 Å². The van der Waals surface area contributed by atoms with Crippen molar-refractivity contribution in [1.82, 2.24) is 14.2 Å². The molecular weight excluding hydrogens is 532 g/mol. The number of piperidine rings is 1. The summed E-state index contributed by atoms with van der Waals surface area (Å²) in [6.45, 7) is 6.76. The van der Waals surface area contributed by atoms with Gasteiger partial charge in [-0.15, -0.1) is 12.4 Å². The maximum atomic E-state index is 13.6. The second-order valence-corrected chi connectivity index (χ2v) is 12.4. The number of benzene rings is 2. The van der Waals surface area contributed by atoms with Crippen LogP contribution in [-0.2, 0) is 10.0 Å². The molecule has 0 spiro atoms. The third-order valence-electron chi connectivity index (χ3n) is 6.40. The van der Waals surface area contributed by atoms with Crippen molar-refractivity contribution in [3.63, 3.8) is 0 Å². The second-order valence-electron chi connectivity index (χ2n) is 9.40. The fraction of sp³-hybridized carbons (Fsp3) is 0.462. The molecule has 4 rings (SSSR count). The molecule has 8 nitrogen and oxygen atoms in total. The average molecular weight is 567 g/mol. The summed E-state index contributed by atoms with van der Waals surface area (Å²) in [4.78, 5) is 22.3. The Balaban J connectivity index is 0.00000380. The fourth-order valence-corrected chi connectivity index (χ4v) is 6.66. The van der Waals surface area contributed by atoms with Crippen molar-refractivity contribution in [1.29, 1.82) is 0 Å². The third kappa shape index (κ3) is 6.61. The van der Waals surface area contributed by atoms with Crippen molar-refractivity contribution in [3.05, 3.63) is 48.0 Å². The number of hydrogen-bond acceptors (Lipinski definition) is 7. The zero-order valence-electron chi connectivity index (χ0n) is 21.7. The number of rotatable bonds is 9. The second kappa shape index (κ2) is 12.5. The van der Waals surface area contributed by atoms with E-state index in [-0.39, 0.29) is 23.2 Å². The number of sulfonamides is 1. The van der Waals surface area contributed by atoms with Gasteiger partial charge >= 0.3 is 0 Å². The Morgan fingerprint density at radius 3 is 2.41 bits per heavy atom. The monoisotopic (exact) mass is 566 g/mol. The molecule has 37 heavy (non-hydrogen) atoms. The van der Waals surface area contributed by atoms with Gasteiger partial charge in [0.25, 0.3) is 5.91 Å². The minimum Gasteiger partial charge on any atom is -0.492 e.